The van der Waals surface area contributed by atoms with E-state index in [1.54, 1.807) is 0 Å². The second kappa shape index (κ2) is 7.62. The quantitative estimate of drug-likeness (QED) is 0.846. The van der Waals surface area contributed by atoms with E-state index in [1.807, 2.05) is 12.1 Å². The van der Waals surface area contributed by atoms with Gasteiger partial charge in [-0.25, -0.2) is 0 Å². The zero-order valence-corrected chi connectivity index (χ0v) is 13.8. The molecule has 0 saturated heterocycles. The first kappa shape index (κ1) is 16.1. The Morgan fingerprint density at radius 2 is 1.90 bits per heavy atom. The molecular formula is C17H24ClN3. The maximum Gasteiger partial charge on any atom is 0.0596 e. The minimum atomic E-state index is 0.414. The molecule has 0 amide bonds. The largest absolute Gasteiger partial charge is 0.314 e. The van der Waals surface area contributed by atoms with Crippen LogP contribution in [-0.4, -0.2) is 22.4 Å². The number of nitrogens with zero attached hydrogens (tertiary/aromatic N) is 2. The van der Waals surface area contributed by atoms with Crippen LogP contribution in [0, 0.1) is 6.92 Å². The number of benzene rings is 1. The van der Waals surface area contributed by atoms with Crippen LogP contribution in [0.3, 0.4) is 0 Å². The van der Waals surface area contributed by atoms with Crippen LogP contribution in [0.4, 0.5) is 0 Å². The topological polar surface area (TPSA) is 29.9 Å². The number of likely N-dealkylation sites (N-methyl/N-ethyl adjacent to an activating group) is 1. The van der Waals surface area contributed by atoms with Gasteiger partial charge in [0.05, 0.1) is 5.69 Å². The van der Waals surface area contributed by atoms with Crippen molar-refractivity contribution in [2.24, 2.45) is 0 Å². The third kappa shape index (κ3) is 4.58. The Hall–Kier alpha value is -1.32. The van der Waals surface area contributed by atoms with Crippen molar-refractivity contribution in [1.82, 2.24) is 15.1 Å². The van der Waals surface area contributed by atoms with Crippen LogP contribution in [0.25, 0.3) is 0 Å². The molecule has 2 rings (SSSR count). The van der Waals surface area contributed by atoms with Gasteiger partial charge in [-0.1, -0.05) is 30.7 Å². The number of aromatic nitrogens is 2. The average Bonchev–Trinajstić information content (AvgIpc) is 2.81. The number of nitrogens with one attached hydrogen (secondary N) is 1. The Balaban J connectivity index is 2.09. The lowest BCUT2D eigenvalue weighted by molar-refractivity contribution is 0.495. The molecule has 2 aromatic rings. The monoisotopic (exact) mass is 305 g/mol. The Morgan fingerprint density at radius 1 is 1.19 bits per heavy atom. The van der Waals surface area contributed by atoms with Crippen molar-refractivity contribution in [3.8, 4) is 0 Å². The van der Waals surface area contributed by atoms with Crippen molar-refractivity contribution in [3.05, 3.63) is 52.3 Å². The first-order valence-electron chi connectivity index (χ1n) is 7.63. The Morgan fingerprint density at radius 3 is 2.52 bits per heavy atom. The summed E-state index contributed by atoms with van der Waals surface area (Å²) in [5.41, 5.74) is 3.70. The van der Waals surface area contributed by atoms with Crippen LogP contribution in [0.5, 0.6) is 0 Å². The Kier molecular flexibility index (Phi) is 5.83. The molecule has 114 valence electrons. The Bertz CT molecular complexity index is 560. The first-order valence-corrected chi connectivity index (χ1v) is 8.01. The van der Waals surface area contributed by atoms with E-state index in [1.165, 1.54) is 11.3 Å². The highest BCUT2D eigenvalue weighted by molar-refractivity contribution is 6.30. The summed E-state index contributed by atoms with van der Waals surface area (Å²) in [7, 11) is 0. The number of halogens is 1. The molecule has 0 fully saturated rings. The van der Waals surface area contributed by atoms with E-state index in [9.17, 15) is 0 Å². The summed E-state index contributed by atoms with van der Waals surface area (Å²) in [6.07, 6.45) is 1.99. The fourth-order valence-electron chi connectivity index (χ4n) is 2.70. The van der Waals surface area contributed by atoms with Gasteiger partial charge in [0.15, 0.2) is 0 Å². The lowest BCUT2D eigenvalue weighted by Crippen LogP contribution is -2.33. The van der Waals surface area contributed by atoms with Crippen LogP contribution < -0.4 is 5.32 Å². The molecule has 3 nitrogen and oxygen atoms in total. The SMILES string of the molecule is CCNC(Cc1ccc(Cl)cc1)Cc1cc(C)nn1CC. The van der Waals surface area contributed by atoms with Crippen molar-refractivity contribution in [2.75, 3.05) is 6.54 Å². The normalized spacial score (nSPS) is 12.6. The standard InChI is InChI=1S/C17H24ClN3/c1-4-19-16(11-14-6-8-15(18)9-7-14)12-17-10-13(3)20-21(17)5-2/h6-10,16,19H,4-5,11-12H2,1-3H3. The van der Waals surface area contributed by atoms with E-state index < -0.39 is 0 Å². The van der Waals surface area contributed by atoms with Crippen LogP contribution in [-0.2, 0) is 19.4 Å². The predicted octanol–water partition coefficient (Wildman–Crippen LogP) is 3.63. The van der Waals surface area contributed by atoms with Gasteiger partial charge >= 0.3 is 0 Å². The Labute approximate surface area is 132 Å². The fourth-order valence-corrected chi connectivity index (χ4v) is 2.83. The maximum absolute atomic E-state index is 5.95. The molecule has 0 aliphatic carbocycles. The van der Waals surface area contributed by atoms with Crippen molar-refractivity contribution >= 4 is 11.6 Å². The second-order valence-electron chi connectivity index (χ2n) is 5.38. The fraction of sp³-hybridized carbons (Fsp3) is 0.471. The number of rotatable bonds is 7. The van der Waals surface area contributed by atoms with Crippen LogP contribution >= 0.6 is 11.6 Å². The zero-order valence-electron chi connectivity index (χ0n) is 13.1. The third-order valence-corrected chi connectivity index (χ3v) is 3.88. The summed E-state index contributed by atoms with van der Waals surface area (Å²) in [5.74, 6) is 0. The molecule has 0 radical (unpaired) electrons. The molecule has 4 heteroatoms. The van der Waals surface area contributed by atoms with Crippen LogP contribution in [0.2, 0.25) is 5.02 Å². The molecular weight excluding hydrogens is 282 g/mol. The summed E-state index contributed by atoms with van der Waals surface area (Å²) in [6.45, 7) is 8.23. The first-order chi connectivity index (χ1) is 10.1. The molecule has 0 aliphatic heterocycles. The van der Waals surface area contributed by atoms with Crippen molar-refractivity contribution in [3.63, 3.8) is 0 Å². The molecule has 1 N–H and O–H groups in total. The van der Waals surface area contributed by atoms with Crippen molar-refractivity contribution in [2.45, 2.75) is 46.2 Å². The van der Waals surface area contributed by atoms with Crippen LogP contribution in [0.1, 0.15) is 30.8 Å². The average molecular weight is 306 g/mol. The molecule has 0 bridgehead atoms. The molecule has 0 spiro atoms. The predicted molar refractivity (Wildman–Crippen MR) is 89.0 cm³/mol. The van der Waals surface area contributed by atoms with E-state index >= 15 is 0 Å². The summed E-state index contributed by atoms with van der Waals surface area (Å²) in [4.78, 5) is 0. The van der Waals surface area contributed by atoms with E-state index in [0.717, 1.165) is 36.6 Å². The van der Waals surface area contributed by atoms with Gasteiger partial charge in [-0.3, -0.25) is 4.68 Å². The molecule has 0 saturated carbocycles. The number of hydrogen-bond donors (Lipinski definition) is 1. The lowest BCUT2D eigenvalue weighted by atomic mass is 10.0. The minimum Gasteiger partial charge on any atom is -0.314 e. The smallest absolute Gasteiger partial charge is 0.0596 e. The van der Waals surface area contributed by atoms with Gasteiger partial charge in [-0.15, -0.1) is 0 Å². The van der Waals surface area contributed by atoms with E-state index in [2.05, 4.69) is 54.1 Å². The van der Waals surface area contributed by atoms with Gasteiger partial charge in [0, 0.05) is 29.7 Å². The number of hydrogen-bond acceptors (Lipinski definition) is 2. The van der Waals surface area contributed by atoms with Crippen molar-refractivity contribution in [1.29, 1.82) is 0 Å². The van der Waals surface area contributed by atoms with Gasteiger partial charge in [-0.05, 0) is 50.6 Å². The van der Waals surface area contributed by atoms with E-state index in [-0.39, 0.29) is 0 Å². The summed E-state index contributed by atoms with van der Waals surface area (Å²) in [5, 5.41) is 8.90. The van der Waals surface area contributed by atoms with E-state index in [4.69, 9.17) is 11.6 Å². The molecule has 21 heavy (non-hydrogen) atoms. The summed E-state index contributed by atoms with van der Waals surface area (Å²) >= 11 is 5.95. The lowest BCUT2D eigenvalue weighted by Gasteiger charge is -2.18. The molecule has 1 heterocycles. The zero-order chi connectivity index (χ0) is 15.2. The number of aryl methyl sites for hydroxylation is 2. The molecule has 1 unspecified atom stereocenters. The summed E-state index contributed by atoms with van der Waals surface area (Å²) < 4.78 is 2.10. The highest BCUT2D eigenvalue weighted by Crippen LogP contribution is 2.14. The van der Waals surface area contributed by atoms with Gasteiger partial charge in [0.1, 0.15) is 0 Å². The highest BCUT2D eigenvalue weighted by atomic mass is 35.5. The second-order valence-corrected chi connectivity index (χ2v) is 5.82. The van der Waals surface area contributed by atoms with E-state index in [0.29, 0.717) is 6.04 Å². The molecule has 1 aromatic heterocycles. The third-order valence-electron chi connectivity index (χ3n) is 3.63. The van der Waals surface area contributed by atoms with Gasteiger partial charge in [-0.2, -0.15) is 5.10 Å². The molecule has 1 aromatic carbocycles. The minimum absolute atomic E-state index is 0.414. The van der Waals surface area contributed by atoms with Crippen molar-refractivity contribution < 1.29 is 0 Å². The highest BCUT2D eigenvalue weighted by Gasteiger charge is 2.13. The van der Waals surface area contributed by atoms with Gasteiger partial charge in [0.2, 0.25) is 0 Å². The summed E-state index contributed by atoms with van der Waals surface area (Å²) in [6, 6.07) is 10.7. The maximum atomic E-state index is 5.95. The van der Waals surface area contributed by atoms with Gasteiger partial charge < -0.3 is 5.32 Å². The molecule has 1 atom stereocenters. The molecule has 0 aliphatic rings. The van der Waals surface area contributed by atoms with Crippen LogP contribution in [0.15, 0.2) is 30.3 Å². The van der Waals surface area contributed by atoms with Gasteiger partial charge in [0.25, 0.3) is 0 Å².